The maximum absolute atomic E-state index is 13.7. The van der Waals surface area contributed by atoms with Crippen LogP contribution in [0.25, 0.3) is 0 Å². The summed E-state index contributed by atoms with van der Waals surface area (Å²) in [6, 6.07) is 3.66. The van der Waals surface area contributed by atoms with Gasteiger partial charge in [-0.15, -0.1) is 0 Å². The summed E-state index contributed by atoms with van der Waals surface area (Å²) in [5, 5.41) is 5.30. The number of nitrogens with zero attached hydrogens (tertiary/aromatic N) is 1. The minimum Gasteiger partial charge on any atom is -0.365 e. The van der Waals surface area contributed by atoms with Crippen molar-refractivity contribution in [1.82, 2.24) is 15.3 Å². The SMILES string of the molecule is CNC(=O)c1cc(Nc2nc(SC)[nH]c(=O)c2C(N)=O)ccc1F. The minimum absolute atomic E-state index is 0.0786. The molecule has 24 heavy (non-hydrogen) atoms. The van der Waals surface area contributed by atoms with Crippen LogP contribution in [0.1, 0.15) is 20.7 Å². The number of aromatic nitrogens is 2. The molecule has 0 radical (unpaired) electrons. The maximum atomic E-state index is 13.7. The van der Waals surface area contributed by atoms with Gasteiger partial charge in [0.2, 0.25) is 0 Å². The third-order valence-corrected chi connectivity index (χ3v) is 3.62. The number of nitrogens with two attached hydrogens (primary N) is 1. The third kappa shape index (κ3) is 3.54. The van der Waals surface area contributed by atoms with Crippen molar-refractivity contribution >= 4 is 35.1 Å². The minimum atomic E-state index is -0.965. The Balaban J connectivity index is 2.51. The van der Waals surface area contributed by atoms with Gasteiger partial charge in [0, 0.05) is 12.7 Å². The van der Waals surface area contributed by atoms with Gasteiger partial charge in [0.05, 0.1) is 5.56 Å². The van der Waals surface area contributed by atoms with Crippen LogP contribution < -0.4 is 21.9 Å². The lowest BCUT2D eigenvalue weighted by Gasteiger charge is -2.11. The van der Waals surface area contributed by atoms with Crippen LogP contribution in [-0.4, -0.2) is 35.1 Å². The Morgan fingerprint density at radius 2 is 2.08 bits per heavy atom. The van der Waals surface area contributed by atoms with E-state index < -0.39 is 23.2 Å². The van der Waals surface area contributed by atoms with Gasteiger partial charge in [0.25, 0.3) is 17.4 Å². The molecule has 8 nitrogen and oxygen atoms in total. The van der Waals surface area contributed by atoms with Crippen molar-refractivity contribution < 1.29 is 14.0 Å². The third-order valence-electron chi connectivity index (χ3n) is 3.04. The number of halogens is 1. The van der Waals surface area contributed by atoms with E-state index in [4.69, 9.17) is 5.73 Å². The lowest BCUT2D eigenvalue weighted by Crippen LogP contribution is -2.26. The topological polar surface area (TPSA) is 130 Å². The lowest BCUT2D eigenvalue weighted by atomic mass is 10.1. The highest BCUT2D eigenvalue weighted by molar-refractivity contribution is 7.98. The number of thioether (sulfide) groups is 1. The smallest absolute Gasteiger partial charge is 0.266 e. The van der Waals surface area contributed by atoms with Crippen molar-refractivity contribution in [3.63, 3.8) is 0 Å². The average Bonchev–Trinajstić information content (AvgIpc) is 2.54. The summed E-state index contributed by atoms with van der Waals surface area (Å²) in [6.07, 6.45) is 1.69. The van der Waals surface area contributed by atoms with Gasteiger partial charge in [-0.2, -0.15) is 0 Å². The Kier molecular flexibility index (Phi) is 5.19. The predicted octanol–water partition coefficient (Wildman–Crippen LogP) is 0.833. The van der Waals surface area contributed by atoms with Crippen LogP contribution in [-0.2, 0) is 0 Å². The van der Waals surface area contributed by atoms with Crippen molar-refractivity contribution in [3.05, 3.63) is 45.5 Å². The molecule has 1 aromatic carbocycles. The second-order valence-electron chi connectivity index (χ2n) is 4.56. The van der Waals surface area contributed by atoms with Gasteiger partial charge in [-0.05, 0) is 24.5 Å². The summed E-state index contributed by atoms with van der Waals surface area (Å²) in [4.78, 5) is 41.6. The first-order valence-corrected chi connectivity index (χ1v) is 7.86. The molecule has 1 heterocycles. The highest BCUT2D eigenvalue weighted by atomic mass is 32.2. The molecule has 2 amide bonds. The lowest BCUT2D eigenvalue weighted by molar-refractivity contribution is 0.0957. The molecule has 1 aromatic heterocycles. The van der Waals surface area contributed by atoms with Crippen LogP contribution in [0, 0.1) is 5.82 Å². The molecule has 0 unspecified atom stereocenters. The van der Waals surface area contributed by atoms with Crippen molar-refractivity contribution in [2.24, 2.45) is 5.73 Å². The molecule has 2 rings (SSSR count). The van der Waals surface area contributed by atoms with Crippen LogP contribution >= 0.6 is 11.8 Å². The van der Waals surface area contributed by atoms with Gasteiger partial charge in [0.1, 0.15) is 11.4 Å². The summed E-state index contributed by atoms with van der Waals surface area (Å²) in [6.45, 7) is 0. The maximum Gasteiger partial charge on any atom is 0.266 e. The zero-order valence-corrected chi connectivity index (χ0v) is 13.6. The van der Waals surface area contributed by atoms with Crippen LogP contribution in [0.2, 0.25) is 0 Å². The summed E-state index contributed by atoms with van der Waals surface area (Å²) in [5.74, 6) is -2.37. The van der Waals surface area contributed by atoms with Gasteiger partial charge >= 0.3 is 0 Å². The van der Waals surface area contributed by atoms with Gasteiger partial charge < -0.3 is 21.4 Å². The van der Waals surface area contributed by atoms with Crippen molar-refractivity contribution in [2.45, 2.75) is 5.16 Å². The molecule has 0 spiro atoms. The van der Waals surface area contributed by atoms with E-state index in [9.17, 15) is 18.8 Å². The number of primary amides is 1. The highest BCUT2D eigenvalue weighted by Crippen LogP contribution is 2.21. The van der Waals surface area contributed by atoms with E-state index in [0.717, 1.165) is 17.8 Å². The standard InChI is InChI=1S/C14H14FN5O3S/c1-17-12(22)7-5-6(3-4-8(7)15)18-11-9(10(16)21)13(23)20-14(19-11)24-2/h3-5H,1-2H3,(H2,16,21)(H,17,22)(H2,18,19,20,23). The molecule has 126 valence electrons. The highest BCUT2D eigenvalue weighted by Gasteiger charge is 2.18. The number of anilines is 2. The van der Waals surface area contributed by atoms with Crippen LogP contribution in [0.5, 0.6) is 0 Å². The van der Waals surface area contributed by atoms with Gasteiger partial charge in [-0.3, -0.25) is 14.4 Å². The van der Waals surface area contributed by atoms with Crippen molar-refractivity contribution in [3.8, 4) is 0 Å². The van der Waals surface area contributed by atoms with Crippen molar-refractivity contribution in [2.75, 3.05) is 18.6 Å². The molecule has 0 aliphatic rings. The second-order valence-corrected chi connectivity index (χ2v) is 5.36. The molecule has 0 aliphatic heterocycles. The first kappa shape index (κ1) is 17.5. The summed E-state index contributed by atoms with van der Waals surface area (Å²) < 4.78 is 13.7. The fourth-order valence-electron chi connectivity index (χ4n) is 1.92. The normalized spacial score (nSPS) is 10.3. The molecule has 0 saturated heterocycles. The number of carbonyl (C=O) groups excluding carboxylic acids is 2. The molecule has 0 fully saturated rings. The zero-order chi connectivity index (χ0) is 17.9. The fourth-order valence-corrected chi connectivity index (χ4v) is 2.29. The van der Waals surface area contributed by atoms with Crippen LogP contribution in [0.4, 0.5) is 15.9 Å². The Morgan fingerprint density at radius 1 is 1.38 bits per heavy atom. The number of H-pyrrole nitrogens is 1. The Bertz CT molecular complexity index is 868. The average molecular weight is 351 g/mol. The van der Waals surface area contributed by atoms with E-state index in [-0.39, 0.29) is 27.8 Å². The molecular weight excluding hydrogens is 337 g/mol. The van der Waals surface area contributed by atoms with Gasteiger partial charge in [-0.25, -0.2) is 9.37 Å². The number of hydrogen-bond donors (Lipinski definition) is 4. The summed E-state index contributed by atoms with van der Waals surface area (Å²) in [5.41, 5.74) is 4.23. The Morgan fingerprint density at radius 3 is 2.67 bits per heavy atom. The largest absolute Gasteiger partial charge is 0.365 e. The number of benzene rings is 1. The van der Waals surface area contributed by atoms with E-state index in [0.29, 0.717) is 0 Å². The van der Waals surface area contributed by atoms with E-state index >= 15 is 0 Å². The second kappa shape index (κ2) is 7.13. The first-order chi connectivity index (χ1) is 11.4. The monoisotopic (exact) mass is 351 g/mol. The Hall–Kier alpha value is -2.88. The van der Waals surface area contributed by atoms with Gasteiger partial charge in [0.15, 0.2) is 11.0 Å². The quantitative estimate of drug-likeness (QED) is 0.466. The number of rotatable bonds is 5. The number of amides is 2. The molecule has 0 atom stereocenters. The van der Waals surface area contributed by atoms with E-state index in [2.05, 4.69) is 20.6 Å². The first-order valence-electron chi connectivity index (χ1n) is 6.64. The van der Waals surface area contributed by atoms with E-state index in [1.165, 1.54) is 19.2 Å². The molecule has 0 saturated carbocycles. The molecule has 5 N–H and O–H groups in total. The molecule has 0 aliphatic carbocycles. The fraction of sp³-hybridized carbons (Fsp3) is 0.143. The molecule has 2 aromatic rings. The number of nitrogens with one attached hydrogen (secondary N) is 3. The van der Waals surface area contributed by atoms with Crippen molar-refractivity contribution in [1.29, 1.82) is 0 Å². The van der Waals surface area contributed by atoms with E-state index in [1.807, 2.05) is 0 Å². The number of hydrogen-bond acceptors (Lipinski definition) is 6. The summed E-state index contributed by atoms with van der Waals surface area (Å²) >= 11 is 1.16. The number of carbonyl (C=O) groups is 2. The molecule has 10 heteroatoms. The zero-order valence-electron chi connectivity index (χ0n) is 12.8. The van der Waals surface area contributed by atoms with Crippen LogP contribution in [0.3, 0.4) is 0 Å². The van der Waals surface area contributed by atoms with Gasteiger partial charge in [-0.1, -0.05) is 11.8 Å². The molecular formula is C14H14FN5O3S. The van der Waals surface area contributed by atoms with E-state index in [1.54, 1.807) is 6.26 Å². The van der Waals surface area contributed by atoms with Crippen LogP contribution in [0.15, 0.2) is 28.2 Å². The predicted molar refractivity (Wildman–Crippen MR) is 88.2 cm³/mol. The Labute approximate surface area is 140 Å². The summed E-state index contributed by atoms with van der Waals surface area (Å²) in [7, 11) is 1.37. The number of aromatic amines is 1. The molecule has 0 bridgehead atoms.